The van der Waals surface area contributed by atoms with Crippen LogP contribution in [-0.2, 0) is 48.9 Å². The minimum atomic E-state index is -0.758. The van der Waals surface area contributed by atoms with Gasteiger partial charge in [-0.15, -0.1) is 0 Å². The number of morpholine rings is 1. The van der Waals surface area contributed by atoms with Crippen LogP contribution in [0.25, 0.3) is 38.9 Å². The smallest absolute Gasteiger partial charge is 0.265 e. The number of amides is 2. The Hall–Kier alpha value is -7.10. The van der Waals surface area contributed by atoms with E-state index in [1.807, 2.05) is 46.7 Å². The molecule has 2 amide bonds. The number of hydrogen-bond donors (Lipinski definition) is 1. The normalized spacial score (nSPS) is 16.3. The molecule has 0 spiro atoms. The summed E-state index contributed by atoms with van der Waals surface area (Å²) in [6.07, 6.45) is 0.995. The van der Waals surface area contributed by atoms with Crippen LogP contribution in [-0.4, -0.2) is 105 Å². The Bertz CT molecular complexity index is 3140. The molecule has 0 saturated carbocycles. The van der Waals surface area contributed by atoms with Crippen LogP contribution in [0, 0.1) is 11.6 Å². The molecule has 1 unspecified atom stereocenters. The quantitative estimate of drug-likeness (QED) is 0.155. The van der Waals surface area contributed by atoms with Gasteiger partial charge in [0.25, 0.3) is 17.3 Å². The molecule has 344 valence electrons. The number of rotatable bonds is 10. The minimum absolute atomic E-state index is 0.000783. The SMILES string of the molecule is COc1nc2c3c(cc(-c4cc5c(cc4C(=O)N4Cc6ccccc6CC4C)CN(C(=O)Cc4ccc(OCCN6CCOCC6)cc4F)CC5)n3C)c(=O)n(-c3ccc(O)cc3)c2cc1F. The number of nitrogens with zero attached hydrogens (tertiary/aromatic N) is 6. The molecule has 67 heavy (non-hydrogen) atoms. The summed E-state index contributed by atoms with van der Waals surface area (Å²) in [5.74, 6) is -1.57. The molecular weight excluding hydrogens is 859 g/mol. The molecule has 3 aromatic heterocycles. The minimum Gasteiger partial charge on any atom is -0.508 e. The number of carbonyl (C=O) groups excluding carboxylic acids is 2. The van der Waals surface area contributed by atoms with Gasteiger partial charge in [0, 0.05) is 87.0 Å². The van der Waals surface area contributed by atoms with E-state index >= 15 is 13.6 Å². The highest BCUT2D eigenvalue weighted by Gasteiger charge is 2.33. The van der Waals surface area contributed by atoms with Crippen molar-refractivity contribution in [3.05, 3.63) is 146 Å². The summed E-state index contributed by atoms with van der Waals surface area (Å²) in [6.45, 7) is 7.16. The van der Waals surface area contributed by atoms with Crippen molar-refractivity contribution in [3.8, 4) is 34.3 Å². The number of aryl methyl sites for hydroxylation is 1. The molecule has 10 rings (SSSR count). The lowest BCUT2D eigenvalue weighted by atomic mass is 9.89. The van der Waals surface area contributed by atoms with Gasteiger partial charge in [0.2, 0.25) is 5.91 Å². The van der Waals surface area contributed by atoms with E-state index in [1.54, 1.807) is 42.3 Å². The number of carbonyl (C=O) groups is 2. The van der Waals surface area contributed by atoms with Crippen molar-refractivity contribution in [2.45, 2.75) is 45.3 Å². The number of fused-ring (bicyclic) bond motifs is 5. The number of ether oxygens (including phenoxy) is 3. The van der Waals surface area contributed by atoms with Gasteiger partial charge in [0.15, 0.2) is 5.82 Å². The van der Waals surface area contributed by atoms with E-state index in [9.17, 15) is 14.7 Å². The summed E-state index contributed by atoms with van der Waals surface area (Å²) < 4.78 is 50.6. The number of halogens is 2. The standard InChI is InChI=1S/C52H50F2N6O7/c1-31-22-32-6-4-5-7-35(32)30-59(31)51(63)41-24-36-29-58(47(62)25-34-8-13-39(26-43(34)53)67-21-18-57-16-19-66-20-17-57)15-14-33(36)23-40(41)45-27-42-49(56(45)2)48-46(28-44(54)50(55-48)65-3)60(52(42)64)37-9-11-38(61)12-10-37/h4-13,23-24,26-28,31,61H,14-22,25,29-30H2,1-3H3. The monoisotopic (exact) mass is 908 g/mol. The number of aromatic nitrogens is 3. The molecule has 1 fully saturated rings. The average Bonchev–Trinajstić information content (AvgIpc) is 3.69. The first kappa shape index (κ1) is 43.8. The molecule has 7 aromatic rings. The molecule has 3 aliphatic rings. The largest absolute Gasteiger partial charge is 0.508 e. The number of phenols is 1. The third-order valence-corrected chi connectivity index (χ3v) is 13.5. The Morgan fingerprint density at radius 1 is 0.881 bits per heavy atom. The van der Waals surface area contributed by atoms with E-state index in [-0.39, 0.29) is 58.9 Å². The highest BCUT2D eigenvalue weighted by molar-refractivity contribution is 6.07. The predicted molar refractivity (Wildman–Crippen MR) is 249 cm³/mol. The lowest BCUT2D eigenvalue weighted by Crippen LogP contribution is -2.43. The number of methoxy groups -OCH3 is 1. The van der Waals surface area contributed by atoms with Crippen LogP contribution < -0.4 is 15.0 Å². The van der Waals surface area contributed by atoms with Crippen LogP contribution in [0.15, 0.2) is 95.8 Å². The van der Waals surface area contributed by atoms with Crippen molar-refractivity contribution in [1.29, 1.82) is 0 Å². The molecule has 1 N–H and O–H groups in total. The Balaban J connectivity index is 1.02. The van der Waals surface area contributed by atoms with Crippen LogP contribution in [0.2, 0.25) is 0 Å². The first-order valence-corrected chi connectivity index (χ1v) is 22.6. The number of phenolic OH excluding ortho intramolecular Hbond substituents is 1. The third kappa shape index (κ3) is 8.26. The summed E-state index contributed by atoms with van der Waals surface area (Å²) in [5.41, 5.74) is 6.58. The van der Waals surface area contributed by atoms with Crippen LogP contribution in [0.3, 0.4) is 0 Å². The number of benzene rings is 4. The summed E-state index contributed by atoms with van der Waals surface area (Å²) in [6, 6.07) is 25.4. The molecule has 3 aliphatic heterocycles. The number of aromatic hydroxyl groups is 1. The lowest BCUT2D eigenvalue weighted by Gasteiger charge is -2.36. The van der Waals surface area contributed by atoms with Gasteiger partial charge in [-0.2, -0.15) is 0 Å². The first-order chi connectivity index (χ1) is 32.4. The summed E-state index contributed by atoms with van der Waals surface area (Å²) >= 11 is 0. The maximum absolute atomic E-state index is 15.5. The maximum Gasteiger partial charge on any atom is 0.265 e. The average molecular weight is 909 g/mol. The molecule has 15 heteroatoms. The van der Waals surface area contributed by atoms with Crippen LogP contribution >= 0.6 is 0 Å². The van der Waals surface area contributed by atoms with E-state index in [0.29, 0.717) is 91.6 Å². The fourth-order valence-corrected chi connectivity index (χ4v) is 9.82. The molecule has 6 heterocycles. The highest BCUT2D eigenvalue weighted by Crippen LogP contribution is 2.38. The molecule has 0 bridgehead atoms. The Morgan fingerprint density at radius 3 is 2.42 bits per heavy atom. The molecule has 0 aliphatic carbocycles. The molecule has 13 nitrogen and oxygen atoms in total. The molecule has 1 atom stereocenters. The first-order valence-electron chi connectivity index (χ1n) is 22.6. The van der Waals surface area contributed by atoms with Gasteiger partial charge < -0.3 is 33.7 Å². The van der Waals surface area contributed by atoms with Crippen LogP contribution in [0.1, 0.15) is 45.1 Å². The van der Waals surface area contributed by atoms with E-state index in [4.69, 9.17) is 14.2 Å². The van der Waals surface area contributed by atoms with Crippen molar-refractivity contribution in [1.82, 2.24) is 28.8 Å². The van der Waals surface area contributed by atoms with Crippen molar-refractivity contribution in [2.75, 3.05) is 53.1 Å². The van der Waals surface area contributed by atoms with Crippen molar-refractivity contribution in [3.63, 3.8) is 0 Å². The summed E-state index contributed by atoms with van der Waals surface area (Å²) in [7, 11) is 3.11. The second-order valence-electron chi connectivity index (χ2n) is 17.6. The fraction of sp³-hybridized carbons (Fsp3) is 0.308. The highest BCUT2D eigenvalue weighted by atomic mass is 19.1. The van der Waals surface area contributed by atoms with Gasteiger partial charge in [0.1, 0.15) is 29.4 Å². The summed E-state index contributed by atoms with van der Waals surface area (Å²) in [5, 5.41) is 10.3. The van der Waals surface area contributed by atoms with E-state index in [0.717, 1.165) is 29.8 Å². The Kier molecular flexibility index (Phi) is 11.7. The van der Waals surface area contributed by atoms with Gasteiger partial charge in [-0.25, -0.2) is 13.8 Å². The zero-order valence-corrected chi connectivity index (χ0v) is 37.6. The molecule has 0 radical (unpaired) electrons. The second-order valence-corrected chi connectivity index (χ2v) is 17.6. The summed E-state index contributed by atoms with van der Waals surface area (Å²) in [4.78, 5) is 54.2. The zero-order valence-electron chi connectivity index (χ0n) is 37.6. The van der Waals surface area contributed by atoms with Crippen LogP contribution in [0.4, 0.5) is 8.78 Å². The Labute approximate surface area is 385 Å². The van der Waals surface area contributed by atoms with Gasteiger partial charge >= 0.3 is 0 Å². The number of pyridine rings is 2. The van der Waals surface area contributed by atoms with Crippen LogP contribution in [0.5, 0.6) is 17.4 Å². The maximum atomic E-state index is 15.5. The second kappa shape index (κ2) is 17.9. The van der Waals surface area contributed by atoms with Gasteiger partial charge in [-0.05, 0) is 96.1 Å². The van der Waals surface area contributed by atoms with E-state index in [1.165, 1.54) is 41.5 Å². The zero-order chi connectivity index (χ0) is 46.5. The topological polar surface area (TPSA) is 132 Å². The lowest BCUT2D eigenvalue weighted by molar-refractivity contribution is -0.131. The van der Waals surface area contributed by atoms with E-state index < -0.39 is 17.2 Å². The van der Waals surface area contributed by atoms with Gasteiger partial charge in [-0.3, -0.25) is 23.9 Å². The molecular formula is C52H50F2N6O7. The van der Waals surface area contributed by atoms with Crippen molar-refractivity contribution in [2.24, 2.45) is 7.05 Å². The fourth-order valence-electron chi connectivity index (χ4n) is 9.82. The van der Waals surface area contributed by atoms with E-state index in [2.05, 4.69) is 16.0 Å². The molecule has 1 saturated heterocycles. The van der Waals surface area contributed by atoms with Crippen molar-refractivity contribution >= 4 is 33.8 Å². The van der Waals surface area contributed by atoms with Crippen molar-refractivity contribution < 1.29 is 37.7 Å². The number of hydrogen-bond acceptors (Lipinski definition) is 9. The van der Waals surface area contributed by atoms with Gasteiger partial charge in [0.05, 0.1) is 43.2 Å². The third-order valence-electron chi connectivity index (χ3n) is 13.5. The molecule has 4 aromatic carbocycles. The Morgan fingerprint density at radius 2 is 1.66 bits per heavy atom. The predicted octanol–water partition coefficient (Wildman–Crippen LogP) is 6.96. The van der Waals surface area contributed by atoms with Gasteiger partial charge in [-0.1, -0.05) is 30.3 Å².